The largest absolute Gasteiger partial charge is 0.322 e. The van der Waals surface area contributed by atoms with E-state index in [0.717, 1.165) is 35.1 Å². The van der Waals surface area contributed by atoms with Gasteiger partial charge in [0, 0.05) is 21.9 Å². The van der Waals surface area contributed by atoms with Crippen molar-refractivity contribution in [3.63, 3.8) is 0 Å². The molecule has 8 heteroatoms. The van der Waals surface area contributed by atoms with Crippen molar-refractivity contribution in [2.24, 2.45) is 0 Å². The van der Waals surface area contributed by atoms with Crippen molar-refractivity contribution in [2.75, 3.05) is 5.32 Å². The number of thioether (sulfide) groups is 1. The molecule has 0 bridgehead atoms. The molecular weight excluding hydrogens is 411 g/mol. The number of carbonyl (C=O) groups excluding carboxylic acids is 1. The molecule has 2 rings (SSSR count). The number of rotatable bonds is 8. The van der Waals surface area contributed by atoms with E-state index in [1.54, 1.807) is 31.7 Å². The Morgan fingerprint density at radius 2 is 1.83 bits per heavy atom. The van der Waals surface area contributed by atoms with E-state index in [4.69, 9.17) is 0 Å². The van der Waals surface area contributed by atoms with Crippen LogP contribution in [0.15, 0.2) is 46.2 Å². The predicted octanol–water partition coefficient (Wildman–Crippen LogP) is 4.96. The Labute approximate surface area is 176 Å². The lowest BCUT2D eigenvalue weighted by atomic mass is 10.1. The summed E-state index contributed by atoms with van der Waals surface area (Å²) in [4.78, 5) is 13.6. The summed E-state index contributed by atoms with van der Waals surface area (Å²) >= 11 is 1.75. The van der Waals surface area contributed by atoms with E-state index in [9.17, 15) is 17.6 Å². The minimum Gasteiger partial charge on any atom is -0.322 e. The molecule has 0 aliphatic heterocycles. The lowest BCUT2D eigenvalue weighted by Crippen LogP contribution is -2.30. The minimum absolute atomic E-state index is 0.158. The third kappa shape index (κ3) is 6.29. The average molecular weight is 439 g/mol. The lowest BCUT2D eigenvalue weighted by molar-refractivity contribution is 0.102. The maximum Gasteiger partial charge on any atom is 0.258 e. The highest BCUT2D eigenvalue weighted by molar-refractivity contribution is 7.99. The first-order chi connectivity index (χ1) is 13.5. The van der Waals surface area contributed by atoms with Crippen LogP contribution in [0.4, 0.5) is 10.1 Å². The van der Waals surface area contributed by atoms with E-state index in [0.29, 0.717) is 10.9 Å². The van der Waals surface area contributed by atoms with Crippen molar-refractivity contribution in [3.8, 4) is 0 Å². The Morgan fingerprint density at radius 3 is 2.41 bits per heavy atom. The predicted molar refractivity (Wildman–Crippen MR) is 117 cm³/mol. The zero-order valence-electron chi connectivity index (χ0n) is 17.2. The van der Waals surface area contributed by atoms with Gasteiger partial charge in [-0.15, -0.1) is 11.8 Å². The summed E-state index contributed by atoms with van der Waals surface area (Å²) in [5, 5.41) is 3.16. The SMILES string of the molecule is CCC(C)Sc1ccc(NC(=O)c2cc(S(=O)(=O)NC(C)C)ccc2F)c(C)c1. The van der Waals surface area contributed by atoms with Crippen molar-refractivity contribution in [3.05, 3.63) is 53.3 Å². The van der Waals surface area contributed by atoms with Crippen LogP contribution in [-0.2, 0) is 10.0 Å². The van der Waals surface area contributed by atoms with Gasteiger partial charge in [0.2, 0.25) is 10.0 Å². The fourth-order valence-corrected chi connectivity index (χ4v) is 4.88. The molecule has 0 aromatic heterocycles. The van der Waals surface area contributed by atoms with Crippen LogP contribution < -0.4 is 10.0 Å². The van der Waals surface area contributed by atoms with Gasteiger partial charge in [-0.2, -0.15) is 0 Å². The number of benzene rings is 2. The maximum absolute atomic E-state index is 14.2. The average Bonchev–Trinajstić information content (AvgIpc) is 2.62. The summed E-state index contributed by atoms with van der Waals surface area (Å²) in [6, 6.07) is 8.51. The Morgan fingerprint density at radius 1 is 1.14 bits per heavy atom. The smallest absolute Gasteiger partial charge is 0.258 e. The summed E-state index contributed by atoms with van der Waals surface area (Å²) < 4.78 is 41.3. The summed E-state index contributed by atoms with van der Waals surface area (Å²) in [6.45, 7) is 9.49. The third-order valence-corrected chi connectivity index (χ3v) is 7.16. The topological polar surface area (TPSA) is 75.3 Å². The second kappa shape index (κ2) is 9.73. The van der Waals surface area contributed by atoms with Gasteiger partial charge < -0.3 is 5.32 Å². The molecule has 1 unspecified atom stereocenters. The molecular formula is C21H27FN2O3S2. The van der Waals surface area contributed by atoms with Gasteiger partial charge in [-0.3, -0.25) is 4.79 Å². The van der Waals surface area contributed by atoms with Crippen molar-refractivity contribution >= 4 is 33.4 Å². The van der Waals surface area contributed by atoms with Crippen LogP contribution in [-0.4, -0.2) is 25.6 Å². The number of hydrogen-bond donors (Lipinski definition) is 2. The second-order valence-corrected chi connectivity index (χ2v) is 10.4. The van der Waals surface area contributed by atoms with Crippen LogP contribution in [0.3, 0.4) is 0 Å². The number of nitrogens with one attached hydrogen (secondary N) is 2. The van der Waals surface area contributed by atoms with Gasteiger partial charge in [0.05, 0.1) is 10.5 Å². The molecule has 2 N–H and O–H groups in total. The molecule has 0 aliphatic carbocycles. The van der Waals surface area contributed by atoms with E-state index in [1.165, 1.54) is 0 Å². The zero-order chi connectivity index (χ0) is 21.8. The molecule has 0 fully saturated rings. The Balaban J connectivity index is 2.26. The van der Waals surface area contributed by atoms with E-state index in [2.05, 4.69) is 23.9 Å². The third-order valence-electron chi connectivity index (χ3n) is 4.24. The number of carbonyl (C=O) groups is 1. The highest BCUT2D eigenvalue weighted by Gasteiger charge is 2.20. The highest BCUT2D eigenvalue weighted by Crippen LogP contribution is 2.29. The number of hydrogen-bond acceptors (Lipinski definition) is 4. The van der Waals surface area contributed by atoms with E-state index in [1.807, 2.05) is 19.1 Å². The van der Waals surface area contributed by atoms with Crippen LogP contribution in [0.2, 0.25) is 0 Å². The first-order valence-corrected chi connectivity index (χ1v) is 11.8. The van der Waals surface area contributed by atoms with Crippen LogP contribution >= 0.6 is 11.8 Å². The molecule has 158 valence electrons. The first kappa shape index (κ1) is 23.4. The maximum atomic E-state index is 14.2. The number of sulfonamides is 1. The van der Waals surface area contributed by atoms with Crippen molar-refractivity contribution < 1.29 is 17.6 Å². The monoisotopic (exact) mass is 438 g/mol. The Bertz CT molecular complexity index is 991. The minimum atomic E-state index is -3.83. The molecule has 0 aliphatic rings. The standard InChI is InChI=1S/C21H27FN2O3S2/c1-6-15(5)28-16-7-10-20(14(4)11-16)23-21(25)18-12-17(8-9-19(18)22)29(26,27)24-13(2)3/h7-13,15,24H,6H2,1-5H3,(H,23,25). The fraction of sp³-hybridized carbons (Fsp3) is 0.381. The number of amides is 1. The van der Waals surface area contributed by atoms with Crippen molar-refractivity contribution in [1.82, 2.24) is 4.72 Å². The van der Waals surface area contributed by atoms with Crippen molar-refractivity contribution in [2.45, 2.75) is 62.1 Å². The van der Waals surface area contributed by atoms with Gasteiger partial charge in [-0.25, -0.2) is 17.5 Å². The van der Waals surface area contributed by atoms with E-state index < -0.39 is 21.7 Å². The van der Waals surface area contributed by atoms with Crippen LogP contribution in [0.1, 0.15) is 50.0 Å². The van der Waals surface area contributed by atoms with Crippen LogP contribution in [0.5, 0.6) is 0 Å². The van der Waals surface area contributed by atoms with E-state index in [-0.39, 0.29) is 16.5 Å². The molecule has 0 heterocycles. The summed E-state index contributed by atoms with van der Waals surface area (Å²) in [5.74, 6) is -1.48. The van der Waals surface area contributed by atoms with E-state index >= 15 is 0 Å². The Kier molecular flexibility index (Phi) is 7.85. The fourth-order valence-electron chi connectivity index (χ4n) is 2.58. The van der Waals surface area contributed by atoms with Gasteiger partial charge in [-0.05, 0) is 69.2 Å². The first-order valence-electron chi connectivity index (χ1n) is 9.44. The van der Waals surface area contributed by atoms with Gasteiger partial charge in [0.25, 0.3) is 5.91 Å². The quantitative estimate of drug-likeness (QED) is 0.571. The molecule has 0 spiro atoms. The zero-order valence-corrected chi connectivity index (χ0v) is 18.9. The Hall–Kier alpha value is -1.90. The van der Waals surface area contributed by atoms with Gasteiger partial charge >= 0.3 is 0 Å². The summed E-state index contributed by atoms with van der Waals surface area (Å²) in [5.41, 5.74) is 1.07. The summed E-state index contributed by atoms with van der Waals surface area (Å²) in [7, 11) is -3.83. The van der Waals surface area contributed by atoms with Gasteiger partial charge in [0.1, 0.15) is 5.82 Å². The lowest BCUT2D eigenvalue weighted by Gasteiger charge is -2.14. The molecule has 0 radical (unpaired) electrons. The van der Waals surface area contributed by atoms with Gasteiger partial charge in [-0.1, -0.05) is 13.8 Å². The second-order valence-electron chi connectivity index (χ2n) is 7.19. The molecule has 1 atom stereocenters. The number of anilines is 1. The molecule has 5 nitrogen and oxygen atoms in total. The van der Waals surface area contributed by atoms with Gasteiger partial charge in [0.15, 0.2) is 0 Å². The molecule has 2 aromatic rings. The van der Waals surface area contributed by atoms with Crippen LogP contribution in [0, 0.1) is 12.7 Å². The van der Waals surface area contributed by atoms with Crippen LogP contribution in [0.25, 0.3) is 0 Å². The molecule has 0 saturated carbocycles. The number of aryl methyl sites for hydroxylation is 1. The normalized spacial score (nSPS) is 12.8. The van der Waals surface area contributed by atoms with Crippen molar-refractivity contribution in [1.29, 1.82) is 0 Å². The number of halogens is 1. The molecule has 0 saturated heterocycles. The summed E-state index contributed by atoms with van der Waals surface area (Å²) in [6.07, 6.45) is 1.05. The molecule has 1 amide bonds. The molecule has 29 heavy (non-hydrogen) atoms. The molecule has 2 aromatic carbocycles. The highest BCUT2D eigenvalue weighted by atomic mass is 32.2.